The van der Waals surface area contributed by atoms with Gasteiger partial charge in [-0.15, -0.1) is 0 Å². The van der Waals surface area contributed by atoms with Crippen molar-refractivity contribution < 1.29 is 26.5 Å². The van der Waals surface area contributed by atoms with E-state index in [2.05, 4.69) is 0 Å². The molecular weight excluding hydrogens is 275 g/mol. The molecule has 0 aliphatic carbocycles. The second kappa shape index (κ2) is 4.77. The predicted molar refractivity (Wildman–Crippen MR) is 55.7 cm³/mol. The van der Waals surface area contributed by atoms with E-state index < -0.39 is 25.2 Å². The normalized spacial score (nSPS) is 12.8. The molecule has 1 aromatic rings. The Hall–Kier alpha value is -1.90. The van der Waals surface area contributed by atoms with Gasteiger partial charge in [-0.3, -0.25) is 10.1 Å². The van der Waals surface area contributed by atoms with E-state index in [-0.39, 0.29) is 5.56 Å². The largest absolute Gasteiger partial charge is 0.501 e. The van der Waals surface area contributed by atoms with Crippen molar-refractivity contribution in [3.05, 3.63) is 46.1 Å². The minimum absolute atomic E-state index is 0.0166. The van der Waals surface area contributed by atoms with Gasteiger partial charge in [0, 0.05) is 6.08 Å². The fourth-order valence-corrected chi connectivity index (χ4v) is 1.88. The molecule has 0 N–H and O–H groups in total. The Balaban J connectivity index is 3.22. The summed E-state index contributed by atoms with van der Waals surface area (Å²) < 4.78 is 58.9. The number of nitrogens with zero attached hydrogens (tertiary/aromatic N) is 1. The smallest absolute Gasteiger partial charge is 0.259 e. The van der Waals surface area contributed by atoms with Crippen molar-refractivity contribution in [2.45, 2.75) is 10.4 Å². The quantitative estimate of drug-likeness (QED) is 0.628. The van der Waals surface area contributed by atoms with Crippen LogP contribution in [-0.4, -0.2) is 18.8 Å². The molecule has 18 heavy (non-hydrogen) atoms. The first kappa shape index (κ1) is 14.2. The second-order valence-corrected chi connectivity index (χ2v) is 5.06. The lowest BCUT2D eigenvalue weighted by Gasteiger charge is -2.08. The number of sulfone groups is 1. The highest BCUT2D eigenvalue weighted by molar-refractivity contribution is 7.92. The van der Waals surface area contributed by atoms with Crippen LogP contribution < -0.4 is 0 Å². The summed E-state index contributed by atoms with van der Waals surface area (Å²) in [6.07, 6.45) is 1.40. The van der Waals surface area contributed by atoms with Gasteiger partial charge in [-0.25, -0.2) is 8.42 Å². The Labute approximate surface area is 99.6 Å². The summed E-state index contributed by atoms with van der Waals surface area (Å²) in [7, 11) is -5.44. The first-order chi connectivity index (χ1) is 8.14. The van der Waals surface area contributed by atoms with E-state index in [1.54, 1.807) is 0 Å². The summed E-state index contributed by atoms with van der Waals surface area (Å²) in [5.74, 6) is 0. The Morgan fingerprint density at radius 2 is 1.89 bits per heavy atom. The van der Waals surface area contributed by atoms with Crippen molar-refractivity contribution in [1.82, 2.24) is 0 Å². The Morgan fingerprint density at radius 1 is 1.28 bits per heavy atom. The van der Waals surface area contributed by atoms with Crippen molar-refractivity contribution >= 4 is 15.9 Å². The number of rotatable bonds is 3. The SMILES string of the molecule is O=[N+]([O-])/C=C/c1cccc(S(=O)(=O)C(F)(F)F)c1. The fourth-order valence-electron chi connectivity index (χ4n) is 1.07. The standard InChI is InChI=1S/C9H6F3NO4S/c10-9(11,12)18(16,17)8-3-1-2-7(6-8)4-5-13(14)15/h1-6H/b5-4+. The number of halogens is 3. The maximum Gasteiger partial charge on any atom is 0.501 e. The number of hydrogen-bond donors (Lipinski definition) is 0. The third-order valence-corrected chi connectivity index (χ3v) is 3.35. The Bertz CT molecular complexity index is 592. The molecule has 1 aromatic carbocycles. The topological polar surface area (TPSA) is 77.3 Å². The van der Waals surface area contributed by atoms with Gasteiger partial charge in [0.1, 0.15) is 0 Å². The van der Waals surface area contributed by atoms with Gasteiger partial charge in [-0.05, 0) is 17.7 Å². The van der Waals surface area contributed by atoms with E-state index in [1.807, 2.05) is 0 Å². The van der Waals surface area contributed by atoms with Gasteiger partial charge in [-0.2, -0.15) is 13.2 Å². The highest BCUT2D eigenvalue weighted by Gasteiger charge is 2.46. The van der Waals surface area contributed by atoms with Gasteiger partial charge >= 0.3 is 5.51 Å². The molecule has 0 spiro atoms. The predicted octanol–water partition coefficient (Wildman–Crippen LogP) is 2.23. The molecule has 9 heteroatoms. The molecule has 0 aliphatic rings. The Morgan fingerprint density at radius 3 is 2.39 bits per heavy atom. The van der Waals surface area contributed by atoms with Crippen molar-refractivity contribution in [3.8, 4) is 0 Å². The minimum Gasteiger partial charge on any atom is -0.259 e. The zero-order valence-electron chi connectivity index (χ0n) is 8.59. The summed E-state index contributed by atoms with van der Waals surface area (Å²) in [6, 6.07) is 3.79. The third kappa shape index (κ3) is 3.06. The number of benzene rings is 1. The van der Waals surface area contributed by atoms with Gasteiger partial charge in [0.25, 0.3) is 9.84 Å². The van der Waals surface area contributed by atoms with Crippen LogP contribution in [0.3, 0.4) is 0 Å². The second-order valence-electron chi connectivity index (χ2n) is 3.12. The average molecular weight is 281 g/mol. The molecular formula is C9H6F3NO4S. The van der Waals surface area contributed by atoms with Gasteiger partial charge in [0.15, 0.2) is 0 Å². The molecule has 0 amide bonds. The highest BCUT2D eigenvalue weighted by atomic mass is 32.2. The molecule has 0 heterocycles. The zero-order chi connectivity index (χ0) is 14.0. The molecule has 0 radical (unpaired) electrons. The van der Waals surface area contributed by atoms with Crippen molar-refractivity contribution in [2.24, 2.45) is 0 Å². The van der Waals surface area contributed by atoms with Crippen molar-refractivity contribution in [3.63, 3.8) is 0 Å². The molecule has 98 valence electrons. The van der Waals surface area contributed by atoms with Crippen LogP contribution in [0.25, 0.3) is 6.08 Å². The molecule has 0 aromatic heterocycles. The zero-order valence-corrected chi connectivity index (χ0v) is 9.40. The van der Waals surface area contributed by atoms with E-state index in [0.29, 0.717) is 12.3 Å². The molecule has 0 fully saturated rings. The fraction of sp³-hybridized carbons (Fsp3) is 0.111. The van der Waals surface area contributed by atoms with Crippen LogP contribution in [-0.2, 0) is 9.84 Å². The number of hydrogen-bond acceptors (Lipinski definition) is 4. The monoisotopic (exact) mass is 281 g/mol. The van der Waals surface area contributed by atoms with Crippen LogP contribution in [0.4, 0.5) is 13.2 Å². The molecule has 5 nitrogen and oxygen atoms in total. The van der Waals surface area contributed by atoms with Crippen LogP contribution in [0.5, 0.6) is 0 Å². The third-order valence-electron chi connectivity index (χ3n) is 1.86. The number of nitro groups is 1. The lowest BCUT2D eigenvalue weighted by Crippen LogP contribution is -2.23. The molecule has 0 bridgehead atoms. The lowest BCUT2D eigenvalue weighted by atomic mass is 10.2. The molecule has 0 atom stereocenters. The summed E-state index contributed by atoms with van der Waals surface area (Å²) in [5.41, 5.74) is -5.42. The summed E-state index contributed by atoms with van der Waals surface area (Å²) in [4.78, 5) is 8.26. The van der Waals surface area contributed by atoms with Gasteiger partial charge in [0.05, 0.1) is 9.82 Å². The molecule has 1 rings (SSSR count). The molecule has 0 saturated carbocycles. The van der Waals surface area contributed by atoms with E-state index in [1.165, 1.54) is 6.07 Å². The van der Waals surface area contributed by atoms with E-state index in [4.69, 9.17) is 0 Å². The molecule has 0 unspecified atom stereocenters. The van der Waals surface area contributed by atoms with Crippen LogP contribution in [0.2, 0.25) is 0 Å². The van der Waals surface area contributed by atoms with Crippen LogP contribution >= 0.6 is 0 Å². The molecule has 0 saturated heterocycles. The van der Waals surface area contributed by atoms with Crippen LogP contribution in [0.15, 0.2) is 35.4 Å². The van der Waals surface area contributed by atoms with Gasteiger partial charge in [-0.1, -0.05) is 12.1 Å². The van der Waals surface area contributed by atoms with E-state index in [0.717, 1.165) is 18.2 Å². The number of alkyl halides is 3. The first-order valence-corrected chi connectivity index (χ1v) is 5.86. The van der Waals surface area contributed by atoms with Crippen molar-refractivity contribution in [2.75, 3.05) is 0 Å². The van der Waals surface area contributed by atoms with Crippen molar-refractivity contribution in [1.29, 1.82) is 0 Å². The van der Waals surface area contributed by atoms with Crippen LogP contribution in [0.1, 0.15) is 5.56 Å². The highest BCUT2D eigenvalue weighted by Crippen LogP contribution is 2.30. The maximum absolute atomic E-state index is 12.3. The lowest BCUT2D eigenvalue weighted by molar-refractivity contribution is -0.400. The van der Waals surface area contributed by atoms with Gasteiger partial charge in [0.2, 0.25) is 6.20 Å². The Kier molecular flexibility index (Phi) is 3.75. The molecule has 0 aliphatic heterocycles. The summed E-state index contributed by atoms with van der Waals surface area (Å²) in [5, 5.41) is 10.0. The van der Waals surface area contributed by atoms with Crippen LogP contribution in [0, 0.1) is 10.1 Å². The first-order valence-electron chi connectivity index (χ1n) is 4.38. The van der Waals surface area contributed by atoms with E-state index in [9.17, 15) is 31.7 Å². The summed E-state index contributed by atoms with van der Waals surface area (Å²) in [6.45, 7) is 0. The average Bonchev–Trinajstić information content (AvgIpc) is 2.25. The minimum atomic E-state index is -5.44. The van der Waals surface area contributed by atoms with E-state index >= 15 is 0 Å². The maximum atomic E-state index is 12.3. The summed E-state index contributed by atoms with van der Waals surface area (Å²) >= 11 is 0. The van der Waals surface area contributed by atoms with Gasteiger partial charge < -0.3 is 0 Å².